The van der Waals surface area contributed by atoms with E-state index >= 15 is 0 Å². The maximum absolute atomic E-state index is 14.2. The first kappa shape index (κ1) is 38.5. The van der Waals surface area contributed by atoms with Gasteiger partial charge in [-0.1, -0.05) is 65.0 Å². The number of ketones is 1. The van der Waals surface area contributed by atoms with Crippen molar-refractivity contribution in [3.8, 4) is 0 Å². The standard InChI is InChI=1S/C36H54N4O8/c1-33(2,3)28(39-32(46)48-35(7,8)9)31(45)40-20-22-25(36(22,10)11)26(40)29(43)38-23(19-21-15-13-12-14-16-21)27(42)30(44)37-18-17-24(41)47-34(4,5)6/h12-16,22-23,25-26,28H,17-20H2,1-11H3,(H,37,44)(H,38,43)(H,39,46). The van der Waals surface area contributed by atoms with Gasteiger partial charge in [0.1, 0.15) is 29.3 Å². The van der Waals surface area contributed by atoms with Crippen molar-refractivity contribution in [2.45, 2.75) is 118 Å². The predicted molar refractivity (Wildman–Crippen MR) is 179 cm³/mol. The number of Topliss-reactive ketones (excluding diaryl/α,β-unsaturated/α-hetero) is 1. The highest BCUT2D eigenvalue weighted by molar-refractivity contribution is 6.38. The number of likely N-dealkylation sites (tertiary alicyclic amines) is 1. The summed E-state index contributed by atoms with van der Waals surface area (Å²) in [5.74, 6) is -3.47. The molecule has 1 aromatic rings. The van der Waals surface area contributed by atoms with Crippen LogP contribution in [-0.4, -0.2) is 82.9 Å². The lowest BCUT2D eigenvalue weighted by atomic mass is 9.85. The predicted octanol–water partition coefficient (Wildman–Crippen LogP) is 3.55. The van der Waals surface area contributed by atoms with Crippen LogP contribution in [0.25, 0.3) is 0 Å². The van der Waals surface area contributed by atoms with Crippen LogP contribution in [-0.2, 0) is 39.9 Å². The Balaban J connectivity index is 1.83. The van der Waals surface area contributed by atoms with Gasteiger partial charge in [0, 0.05) is 19.5 Å². The molecule has 0 spiro atoms. The molecule has 5 atom stereocenters. The van der Waals surface area contributed by atoms with Crippen LogP contribution in [0.4, 0.5) is 4.79 Å². The number of piperidine rings is 1. The number of esters is 1. The number of hydrogen-bond donors (Lipinski definition) is 3. The fourth-order valence-electron chi connectivity index (χ4n) is 6.29. The Kier molecular flexibility index (Phi) is 11.4. The number of alkyl carbamates (subject to hydrolysis) is 1. The molecule has 2 fully saturated rings. The van der Waals surface area contributed by atoms with Gasteiger partial charge >= 0.3 is 12.1 Å². The van der Waals surface area contributed by atoms with Gasteiger partial charge in [-0.15, -0.1) is 0 Å². The van der Waals surface area contributed by atoms with Crippen LogP contribution < -0.4 is 16.0 Å². The first-order valence-corrected chi connectivity index (χ1v) is 16.6. The van der Waals surface area contributed by atoms with E-state index < -0.39 is 70.3 Å². The van der Waals surface area contributed by atoms with Gasteiger partial charge in [-0.3, -0.25) is 24.0 Å². The summed E-state index contributed by atoms with van der Waals surface area (Å²) in [6.07, 6.45) is -0.837. The number of carbonyl (C=O) groups is 6. The van der Waals surface area contributed by atoms with E-state index in [0.29, 0.717) is 6.54 Å². The second-order valence-corrected chi connectivity index (χ2v) is 16.5. The monoisotopic (exact) mass is 670 g/mol. The van der Waals surface area contributed by atoms with Crippen LogP contribution in [0.3, 0.4) is 0 Å². The lowest BCUT2D eigenvalue weighted by Crippen LogP contribution is -2.61. The molecule has 266 valence electrons. The van der Waals surface area contributed by atoms with E-state index in [4.69, 9.17) is 9.47 Å². The Labute approximate surface area is 284 Å². The van der Waals surface area contributed by atoms with Gasteiger partial charge in [-0.05, 0) is 69.8 Å². The number of amides is 4. The molecule has 0 aromatic heterocycles. The molecule has 1 saturated carbocycles. The maximum atomic E-state index is 14.2. The van der Waals surface area contributed by atoms with Crippen molar-refractivity contribution in [2.75, 3.05) is 13.1 Å². The van der Waals surface area contributed by atoms with Crippen LogP contribution in [0.2, 0.25) is 0 Å². The summed E-state index contributed by atoms with van der Waals surface area (Å²) in [5, 5.41) is 8.00. The van der Waals surface area contributed by atoms with Crippen LogP contribution in [0.1, 0.15) is 88.1 Å². The first-order valence-electron chi connectivity index (χ1n) is 16.6. The summed E-state index contributed by atoms with van der Waals surface area (Å²) in [6, 6.07) is 5.80. The highest BCUT2D eigenvalue weighted by atomic mass is 16.6. The zero-order valence-corrected chi connectivity index (χ0v) is 30.3. The third-order valence-corrected chi connectivity index (χ3v) is 8.71. The van der Waals surface area contributed by atoms with E-state index in [1.165, 1.54) is 4.90 Å². The largest absolute Gasteiger partial charge is 0.460 e. The minimum absolute atomic E-state index is 0.0356. The molecule has 1 aliphatic carbocycles. The van der Waals surface area contributed by atoms with Crippen molar-refractivity contribution in [1.82, 2.24) is 20.9 Å². The lowest BCUT2D eigenvalue weighted by molar-refractivity contribution is -0.154. The molecule has 0 bridgehead atoms. The second-order valence-electron chi connectivity index (χ2n) is 16.5. The van der Waals surface area contributed by atoms with Crippen LogP contribution in [0.15, 0.2) is 30.3 Å². The molecule has 4 amide bonds. The van der Waals surface area contributed by atoms with Gasteiger partial charge in [-0.2, -0.15) is 0 Å². The number of benzene rings is 1. The molecule has 0 radical (unpaired) electrons. The highest BCUT2D eigenvalue weighted by Crippen LogP contribution is 2.65. The molecule has 5 unspecified atom stereocenters. The van der Waals surface area contributed by atoms with E-state index in [0.717, 1.165) is 5.56 Å². The van der Waals surface area contributed by atoms with E-state index in [1.54, 1.807) is 65.8 Å². The quantitative estimate of drug-likeness (QED) is 0.238. The van der Waals surface area contributed by atoms with E-state index in [-0.39, 0.29) is 36.6 Å². The Bertz CT molecular complexity index is 1390. The molecule has 3 N–H and O–H groups in total. The Morgan fingerprint density at radius 1 is 0.875 bits per heavy atom. The topological polar surface area (TPSA) is 160 Å². The molecule has 12 nitrogen and oxygen atoms in total. The van der Waals surface area contributed by atoms with Gasteiger partial charge in [0.2, 0.25) is 17.6 Å². The van der Waals surface area contributed by atoms with Crippen molar-refractivity contribution in [2.24, 2.45) is 22.7 Å². The highest BCUT2D eigenvalue weighted by Gasteiger charge is 2.70. The summed E-state index contributed by atoms with van der Waals surface area (Å²) in [7, 11) is 0. The number of hydrogen-bond acceptors (Lipinski definition) is 8. The van der Waals surface area contributed by atoms with Gasteiger partial charge < -0.3 is 30.3 Å². The summed E-state index contributed by atoms with van der Waals surface area (Å²) in [6.45, 7) is 20.1. The Hall–Kier alpha value is -3.96. The number of nitrogens with one attached hydrogen (secondary N) is 3. The zero-order chi connectivity index (χ0) is 36.4. The molecule has 1 heterocycles. The van der Waals surface area contributed by atoms with Crippen molar-refractivity contribution in [3.05, 3.63) is 35.9 Å². The van der Waals surface area contributed by atoms with Gasteiger partial charge in [0.15, 0.2) is 0 Å². The number of rotatable bonds is 11. The number of nitrogens with zero attached hydrogens (tertiary/aromatic N) is 1. The third kappa shape index (κ3) is 10.0. The smallest absolute Gasteiger partial charge is 0.408 e. The van der Waals surface area contributed by atoms with Crippen LogP contribution >= 0.6 is 0 Å². The summed E-state index contributed by atoms with van der Waals surface area (Å²) in [5.41, 5.74) is -1.70. The fourth-order valence-corrected chi connectivity index (χ4v) is 6.29. The molecule has 12 heteroatoms. The summed E-state index contributed by atoms with van der Waals surface area (Å²) in [4.78, 5) is 81.3. The average Bonchev–Trinajstić information content (AvgIpc) is 3.24. The van der Waals surface area contributed by atoms with Crippen molar-refractivity contribution >= 4 is 35.6 Å². The van der Waals surface area contributed by atoms with Crippen LogP contribution in [0.5, 0.6) is 0 Å². The molecule has 1 aromatic carbocycles. The van der Waals surface area contributed by atoms with E-state index in [1.807, 2.05) is 40.7 Å². The Morgan fingerprint density at radius 3 is 2.00 bits per heavy atom. The molecule has 48 heavy (non-hydrogen) atoms. The van der Waals surface area contributed by atoms with Gasteiger partial charge in [-0.25, -0.2) is 4.79 Å². The summed E-state index contributed by atoms with van der Waals surface area (Å²) < 4.78 is 10.7. The minimum atomic E-state index is -1.24. The average molecular weight is 671 g/mol. The molecule has 2 aliphatic rings. The van der Waals surface area contributed by atoms with Crippen molar-refractivity contribution < 1.29 is 38.2 Å². The zero-order valence-electron chi connectivity index (χ0n) is 30.3. The molecule has 3 rings (SSSR count). The first-order chi connectivity index (χ1) is 21.9. The Morgan fingerprint density at radius 2 is 1.46 bits per heavy atom. The number of ether oxygens (including phenoxy) is 2. The molecular weight excluding hydrogens is 616 g/mol. The second kappa shape index (κ2) is 14.3. The third-order valence-electron chi connectivity index (χ3n) is 8.71. The molecule has 1 aliphatic heterocycles. The van der Waals surface area contributed by atoms with Crippen molar-refractivity contribution in [3.63, 3.8) is 0 Å². The normalized spacial score (nSPS) is 21.2. The fraction of sp³-hybridized carbons (Fsp3) is 0.667. The van der Waals surface area contributed by atoms with Crippen LogP contribution in [0, 0.1) is 22.7 Å². The summed E-state index contributed by atoms with van der Waals surface area (Å²) >= 11 is 0. The number of fused-ring (bicyclic) bond motifs is 1. The molecule has 1 saturated heterocycles. The minimum Gasteiger partial charge on any atom is -0.460 e. The van der Waals surface area contributed by atoms with Gasteiger partial charge in [0.05, 0.1) is 6.42 Å². The SMILES string of the molecule is CC(C)(C)OC(=O)CCNC(=O)C(=O)C(Cc1ccccc1)NC(=O)C1C2C(CN1C(=O)C(NC(=O)OC(C)(C)C)C(C)(C)C)C2(C)C. The maximum Gasteiger partial charge on any atom is 0.408 e. The van der Waals surface area contributed by atoms with Crippen molar-refractivity contribution in [1.29, 1.82) is 0 Å². The van der Waals surface area contributed by atoms with E-state index in [9.17, 15) is 28.8 Å². The molecular formula is C36H54N4O8. The lowest BCUT2D eigenvalue weighted by Gasteiger charge is -2.38. The van der Waals surface area contributed by atoms with Gasteiger partial charge in [0.25, 0.3) is 5.91 Å². The number of carbonyl (C=O) groups excluding carboxylic acids is 6. The van der Waals surface area contributed by atoms with E-state index in [2.05, 4.69) is 16.0 Å².